The maximum atomic E-state index is 12.9. The Labute approximate surface area is 148 Å². The zero-order chi connectivity index (χ0) is 17.1. The molecule has 25 heavy (non-hydrogen) atoms. The van der Waals surface area contributed by atoms with Crippen LogP contribution in [0.3, 0.4) is 0 Å². The average Bonchev–Trinajstić information content (AvgIpc) is 3.30. The summed E-state index contributed by atoms with van der Waals surface area (Å²) in [6.07, 6.45) is 5.91. The highest BCUT2D eigenvalue weighted by Gasteiger charge is 2.29. The van der Waals surface area contributed by atoms with E-state index in [0.717, 1.165) is 25.2 Å². The molecule has 1 aromatic carbocycles. The third kappa shape index (κ3) is 3.58. The van der Waals surface area contributed by atoms with Crippen molar-refractivity contribution in [1.29, 1.82) is 0 Å². The van der Waals surface area contributed by atoms with Crippen molar-refractivity contribution in [2.45, 2.75) is 51.2 Å². The molecule has 1 aromatic heterocycles. The van der Waals surface area contributed by atoms with E-state index in [1.54, 1.807) is 4.68 Å². The van der Waals surface area contributed by atoms with Gasteiger partial charge in [0, 0.05) is 25.7 Å². The van der Waals surface area contributed by atoms with E-state index in [9.17, 15) is 4.79 Å². The van der Waals surface area contributed by atoms with Crippen molar-refractivity contribution in [3.8, 4) is 0 Å². The number of nitrogens with zero attached hydrogens (tertiary/aromatic N) is 4. The topological polar surface area (TPSA) is 63.1 Å². The molecule has 6 heteroatoms. The molecular formula is C19H25N5O. The summed E-state index contributed by atoms with van der Waals surface area (Å²) >= 11 is 0. The number of carbonyl (C=O) groups excluding carboxylic acids is 1. The maximum absolute atomic E-state index is 12.9. The highest BCUT2D eigenvalue weighted by Crippen LogP contribution is 2.19. The Bertz CT molecular complexity index is 721. The van der Waals surface area contributed by atoms with Gasteiger partial charge in [0.05, 0.1) is 6.54 Å². The number of benzene rings is 1. The summed E-state index contributed by atoms with van der Waals surface area (Å²) in [7, 11) is 0. The van der Waals surface area contributed by atoms with E-state index in [-0.39, 0.29) is 5.91 Å². The van der Waals surface area contributed by atoms with Gasteiger partial charge in [-0.3, -0.25) is 4.79 Å². The lowest BCUT2D eigenvalue weighted by Gasteiger charge is -2.27. The van der Waals surface area contributed by atoms with E-state index in [4.69, 9.17) is 0 Å². The Balaban J connectivity index is 1.41. The van der Waals surface area contributed by atoms with Gasteiger partial charge in [0.25, 0.3) is 5.91 Å². The average molecular weight is 339 g/mol. The van der Waals surface area contributed by atoms with Crippen LogP contribution in [-0.2, 0) is 19.5 Å². The fourth-order valence-electron chi connectivity index (χ4n) is 3.82. The van der Waals surface area contributed by atoms with Gasteiger partial charge >= 0.3 is 0 Å². The summed E-state index contributed by atoms with van der Waals surface area (Å²) in [6, 6.07) is 10.9. The number of rotatable bonds is 6. The number of aromatic nitrogens is 3. The first kappa shape index (κ1) is 16.3. The molecule has 2 aromatic rings. The Morgan fingerprint density at radius 1 is 1.12 bits per heavy atom. The summed E-state index contributed by atoms with van der Waals surface area (Å²) in [6.45, 7) is 2.81. The van der Waals surface area contributed by atoms with Gasteiger partial charge in [-0.05, 0) is 24.8 Å². The van der Waals surface area contributed by atoms with Crippen LogP contribution in [0.25, 0.3) is 0 Å². The Hall–Kier alpha value is -2.21. The second-order valence-corrected chi connectivity index (χ2v) is 7.00. The van der Waals surface area contributed by atoms with Gasteiger partial charge in [-0.2, -0.15) is 0 Å². The minimum atomic E-state index is 0.0652. The number of hydrogen-bond acceptors (Lipinski definition) is 4. The zero-order valence-corrected chi connectivity index (χ0v) is 14.5. The van der Waals surface area contributed by atoms with Crippen LogP contribution >= 0.6 is 0 Å². The van der Waals surface area contributed by atoms with Crippen LogP contribution in [-0.4, -0.2) is 44.9 Å². The van der Waals surface area contributed by atoms with E-state index < -0.39 is 0 Å². The Kier molecular flexibility index (Phi) is 4.78. The van der Waals surface area contributed by atoms with Gasteiger partial charge in [0.1, 0.15) is 5.69 Å². The van der Waals surface area contributed by atoms with Crippen LogP contribution in [0.1, 0.15) is 47.4 Å². The SMILES string of the molecule is O=C1c2c(CNC3CCCC3)nnn2CCN1CCc1ccccc1. The van der Waals surface area contributed by atoms with Crippen LogP contribution in [0.5, 0.6) is 0 Å². The number of fused-ring (bicyclic) bond motifs is 1. The van der Waals surface area contributed by atoms with E-state index in [1.807, 2.05) is 23.1 Å². The molecule has 1 amide bonds. The van der Waals surface area contributed by atoms with Crippen molar-refractivity contribution in [3.63, 3.8) is 0 Å². The first-order chi connectivity index (χ1) is 12.3. The van der Waals surface area contributed by atoms with Crippen molar-refractivity contribution >= 4 is 5.91 Å². The molecule has 0 atom stereocenters. The summed E-state index contributed by atoms with van der Waals surface area (Å²) in [4.78, 5) is 14.8. The van der Waals surface area contributed by atoms with Crippen molar-refractivity contribution in [3.05, 3.63) is 47.3 Å². The maximum Gasteiger partial charge on any atom is 0.274 e. The lowest BCUT2D eigenvalue weighted by Crippen LogP contribution is -2.42. The third-order valence-electron chi connectivity index (χ3n) is 5.30. The fourth-order valence-corrected chi connectivity index (χ4v) is 3.82. The smallest absolute Gasteiger partial charge is 0.274 e. The summed E-state index contributed by atoms with van der Waals surface area (Å²) < 4.78 is 1.77. The van der Waals surface area contributed by atoms with E-state index in [1.165, 1.54) is 31.2 Å². The first-order valence-corrected chi connectivity index (χ1v) is 9.30. The molecule has 0 bridgehead atoms. The molecule has 1 aliphatic carbocycles. The third-order valence-corrected chi connectivity index (χ3v) is 5.30. The Morgan fingerprint density at radius 3 is 2.72 bits per heavy atom. The van der Waals surface area contributed by atoms with Crippen molar-refractivity contribution in [2.24, 2.45) is 0 Å². The van der Waals surface area contributed by atoms with Gasteiger partial charge in [-0.15, -0.1) is 5.10 Å². The predicted octanol–water partition coefficient (Wildman–Crippen LogP) is 2.01. The molecular weight excluding hydrogens is 314 g/mol. The zero-order valence-electron chi connectivity index (χ0n) is 14.5. The molecule has 4 rings (SSSR count). The molecule has 2 heterocycles. The van der Waals surface area contributed by atoms with Crippen molar-refractivity contribution < 1.29 is 4.79 Å². The van der Waals surface area contributed by atoms with Crippen LogP contribution in [0.4, 0.5) is 0 Å². The molecule has 0 radical (unpaired) electrons. The van der Waals surface area contributed by atoms with Crippen LogP contribution < -0.4 is 5.32 Å². The fraction of sp³-hybridized carbons (Fsp3) is 0.526. The van der Waals surface area contributed by atoms with E-state index in [2.05, 4.69) is 27.8 Å². The first-order valence-electron chi connectivity index (χ1n) is 9.30. The molecule has 6 nitrogen and oxygen atoms in total. The lowest BCUT2D eigenvalue weighted by molar-refractivity contribution is 0.0698. The van der Waals surface area contributed by atoms with Gasteiger partial charge in [0.2, 0.25) is 0 Å². The summed E-state index contributed by atoms with van der Waals surface area (Å²) in [5.41, 5.74) is 2.72. The van der Waals surface area contributed by atoms with Crippen LogP contribution in [0.2, 0.25) is 0 Å². The number of amides is 1. The second kappa shape index (κ2) is 7.35. The molecule has 1 saturated carbocycles. The van der Waals surface area contributed by atoms with Gasteiger partial charge in [0.15, 0.2) is 5.69 Å². The molecule has 1 fully saturated rings. The van der Waals surface area contributed by atoms with Crippen LogP contribution in [0, 0.1) is 0 Å². The van der Waals surface area contributed by atoms with E-state index in [0.29, 0.717) is 24.8 Å². The molecule has 0 spiro atoms. The molecule has 132 valence electrons. The molecule has 2 aliphatic rings. The summed E-state index contributed by atoms with van der Waals surface area (Å²) in [5.74, 6) is 0.0652. The highest BCUT2D eigenvalue weighted by atomic mass is 16.2. The molecule has 0 unspecified atom stereocenters. The molecule has 1 aliphatic heterocycles. The normalized spacial score (nSPS) is 17.9. The van der Waals surface area contributed by atoms with Crippen LogP contribution in [0.15, 0.2) is 30.3 Å². The van der Waals surface area contributed by atoms with Crippen molar-refractivity contribution in [1.82, 2.24) is 25.2 Å². The largest absolute Gasteiger partial charge is 0.335 e. The minimum Gasteiger partial charge on any atom is -0.335 e. The highest BCUT2D eigenvalue weighted by molar-refractivity contribution is 5.94. The summed E-state index contributed by atoms with van der Waals surface area (Å²) in [5, 5.41) is 12.0. The monoisotopic (exact) mass is 339 g/mol. The number of hydrogen-bond donors (Lipinski definition) is 1. The Morgan fingerprint density at radius 2 is 1.92 bits per heavy atom. The quantitative estimate of drug-likeness (QED) is 0.874. The standard InChI is InChI=1S/C19H25N5O/c25-19-18-17(14-20-16-8-4-5-9-16)21-22-24(18)13-12-23(19)11-10-15-6-2-1-3-7-15/h1-3,6-7,16,20H,4-5,8-14H2. The second-order valence-electron chi connectivity index (χ2n) is 7.00. The lowest BCUT2D eigenvalue weighted by atomic mass is 10.1. The molecule has 1 N–H and O–H groups in total. The van der Waals surface area contributed by atoms with Gasteiger partial charge in [-0.1, -0.05) is 48.4 Å². The minimum absolute atomic E-state index is 0.0652. The van der Waals surface area contributed by atoms with Crippen molar-refractivity contribution in [2.75, 3.05) is 13.1 Å². The van der Waals surface area contributed by atoms with Gasteiger partial charge < -0.3 is 10.2 Å². The predicted molar refractivity (Wildman–Crippen MR) is 95.2 cm³/mol. The number of nitrogens with one attached hydrogen (secondary N) is 1. The van der Waals surface area contributed by atoms with E-state index >= 15 is 0 Å². The van der Waals surface area contributed by atoms with Gasteiger partial charge in [-0.25, -0.2) is 4.68 Å². The molecule has 0 saturated heterocycles. The number of carbonyl (C=O) groups is 1.